The Morgan fingerprint density at radius 2 is 0.621 bits per heavy atom. The molecule has 3 N–H and O–H groups in total. The molecule has 0 fully saturated rings. The smallest absolute Gasteiger partial charge is 0.308 e. The van der Waals surface area contributed by atoms with Gasteiger partial charge in [-0.1, -0.05) is 83.1 Å². The molecule has 0 aliphatic heterocycles. The van der Waals surface area contributed by atoms with Gasteiger partial charge in [-0.05, 0) is 220 Å². The van der Waals surface area contributed by atoms with Gasteiger partial charge >= 0.3 is 23.9 Å². The highest BCUT2D eigenvalue weighted by Gasteiger charge is 2.28. The number of benzene rings is 7. The lowest BCUT2D eigenvalue weighted by Gasteiger charge is -2.29. The van der Waals surface area contributed by atoms with Crippen molar-refractivity contribution in [2.75, 3.05) is 0 Å². The molecule has 0 amide bonds. The fourth-order valence-corrected chi connectivity index (χ4v) is 9.23. The van der Waals surface area contributed by atoms with Crippen LogP contribution >= 0.6 is 0 Å². The van der Waals surface area contributed by atoms with Crippen LogP contribution in [0.15, 0.2) is 133 Å². The molecule has 7 aromatic rings. The summed E-state index contributed by atoms with van der Waals surface area (Å²) in [5.74, 6) is 0.0856. The Morgan fingerprint density at radius 3 is 0.897 bits per heavy atom. The Hall–Kier alpha value is -9.17. The molecular formula is C73H84O14. The van der Waals surface area contributed by atoms with E-state index in [-0.39, 0.29) is 69.1 Å². The topological polar surface area (TPSA) is 217 Å². The number of rotatable bonds is 11. The first-order chi connectivity index (χ1) is 40.2. The fourth-order valence-electron chi connectivity index (χ4n) is 9.23. The lowest BCUT2D eigenvalue weighted by Crippen LogP contribution is -2.21. The van der Waals surface area contributed by atoms with E-state index in [0.29, 0.717) is 67.5 Å². The molecule has 0 radical (unpaired) electrons. The van der Waals surface area contributed by atoms with Gasteiger partial charge < -0.3 is 34.3 Å². The second kappa shape index (κ2) is 29.3. The lowest BCUT2D eigenvalue weighted by atomic mass is 9.75. The van der Waals surface area contributed by atoms with Crippen LogP contribution in [0.1, 0.15) is 203 Å². The zero-order chi connectivity index (χ0) is 65.7. The zero-order valence-electron chi connectivity index (χ0n) is 53.7. The van der Waals surface area contributed by atoms with E-state index >= 15 is 0 Å². The largest absolute Gasteiger partial charge is 0.508 e. The normalized spacial score (nSPS) is 11.2. The summed E-state index contributed by atoms with van der Waals surface area (Å²) in [5.41, 5.74) is 10.4. The van der Waals surface area contributed by atoms with E-state index in [1.807, 2.05) is 24.3 Å². The summed E-state index contributed by atoms with van der Waals surface area (Å²) < 4.78 is 19.9. The molecule has 0 spiro atoms. The molecule has 14 heteroatoms. The van der Waals surface area contributed by atoms with Crippen LogP contribution < -0.4 is 14.2 Å². The van der Waals surface area contributed by atoms with Crippen molar-refractivity contribution in [2.45, 2.75) is 160 Å². The third-order valence-electron chi connectivity index (χ3n) is 13.5. The van der Waals surface area contributed by atoms with Crippen LogP contribution in [0.25, 0.3) is 0 Å². The van der Waals surface area contributed by atoms with Crippen LogP contribution in [0.2, 0.25) is 0 Å². The highest BCUT2D eigenvalue weighted by Crippen LogP contribution is 2.40. The van der Waals surface area contributed by atoms with E-state index in [9.17, 15) is 43.8 Å². The number of ketones is 3. The van der Waals surface area contributed by atoms with Gasteiger partial charge in [0.25, 0.3) is 0 Å². The minimum atomic E-state index is -0.405. The van der Waals surface area contributed by atoms with Gasteiger partial charge in [0.1, 0.15) is 41.1 Å². The predicted octanol–water partition coefficient (Wildman–Crippen LogP) is 15.5. The van der Waals surface area contributed by atoms with Crippen molar-refractivity contribution in [3.05, 3.63) is 211 Å². The van der Waals surface area contributed by atoms with E-state index < -0.39 is 11.9 Å². The Balaban J connectivity index is 0.000000251. The van der Waals surface area contributed by atoms with Gasteiger partial charge in [-0.15, -0.1) is 0 Å². The summed E-state index contributed by atoms with van der Waals surface area (Å²) in [6.45, 7) is 36.7. The average Bonchev–Trinajstić information content (AvgIpc) is 1.14. The van der Waals surface area contributed by atoms with Crippen molar-refractivity contribution in [1.82, 2.24) is 0 Å². The molecular weight excluding hydrogens is 1100 g/mol. The third-order valence-corrected chi connectivity index (χ3v) is 13.5. The monoisotopic (exact) mass is 1180 g/mol. The number of aryl methyl sites for hydroxylation is 2. The van der Waals surface area contributed by atoms with Gasteiger partial charge in [-0.3, -0.25) is 33.6 Å². The van der Waals surface area contributed by atoms with E-state index in [0.717, 1.165) is 16.7 Å². The second-order valence-corrected chi connectivity index (χ2v) is 25.4. The van der Waals surface area contributed by atoms with E-state index in [4.69, 9.17) is 24.1 Å². The lowest BCUT2D eigenvalue weighted by molar-refractivity contribution is -0.142. The molecule has 0 aromatic heterocycles. The van der Waals surface area contributed by atoms with Gasteiger partial charge in [-0.25, -0.2) is 0 Å². The maximum Gasteiger partial charge on any atom is 0.308 e. The quantitative estimate of drug-likeness (QED) is 0.0624. The fraction of sp³-hybridized carbons (Fsp3) is 0.329. The van der Waals surface area contributed by atoms with Crippen LogP contribution in [0.3, 0.4) is 0 Å². The molecule has 7 aromatic carbocycles. The molecule has 0 heterocycles. The van der Waals surface area contributed by atoms with Crippen molar-refractivity contribution < 1.29 is 67.8 Å². The van der Waals surface area contributed by atoms with Gasteiger partial charge in [0, 0.05) is 61.1 Å². The van der Waals surface area contributed by atoms with Gasteiger partial charge in [-0.2, -0.15) is 0 Å². The molecule has 0 bridgehead atoms. The van der Waals surface area contributed by atoms with Crippen molar-refractivity contribution in [2.24, 2.45) is 0 Å². The van der Waals surface area contributed by atoms with Crippen molar-refractivity contribution >= 4 is 41.2 Å². The molecule has 0 saturated carbocycles. The van der Waals surface area contributed by atoms with Crippen molar-refractivity contribution in [3.8, 4) is 34.5 Å². The number of carbonyl (C=O) groups excluding carboxylic acids is 7. The average molecular weight is 1190 g/mol. The minimum Gasteiger partial charge on any atom is -0.508 e. The molecule has 0 atom stereocenters. The van der Waals surface area contributed by atoms with Gasteiger partial charge in [0.2, 0.25) is 0 Å². The second-order valence-electron chi connectivity index (χ2n) is 25.4. The predicted molar refractivity (Wildman–Crippen MR) is 339 cm³/mol. The zero-order valence-corrected chi connectivity index (χ0v) is 53.7. The highest BCUT2D eigenvalue weighted by molar-refractivity contribution is 6.10. The Bertz CT molecular complexity index is 3520. The standard InChI is InChI=1S/C24H30O3.C17H16O4.C17H26O3.C15H12O4/c1-15-20(23(3,4)5)13-18(14-21(15)24(6,7)8)22(26)17-9-11-19(12-10-17)27-16(2)25;1-10-8-14(9-11(2)16(10)19)17(20)13-4-6-15(7-5-13)21-12(3)18;1-11(18)20-10-12-8-13(16(2,3)4)15(19)14(9-12)17(5,6)7;1-10(16)19-14-8-4-12(5-9-14)15(18)11-2-6-13(17)7-3-11/h9-14H,1-8H3;4-9,19H,1-3H3;8-9,19H,10H2,1-7H3;2-9,17H,1H3. The highest BCUT2D eigenvalue weighted by atomic mass is 16.5. The molecule has 0 unspecified atom stereocenters. The minimum absolute atomic E-state index is 0.0274. The number of hydrogen-bond acceptors (Lipinski definition) is 14. The summed E-state index contributed by atoms with van der Waals surface area (Å²) in [7, 11) is 0. The first kappa shape index (κ1) is 70.3. The number of carbonyl (C=O) groups is 7. The number of ether oxygens (including phenoxy) is 4. The van der Waals surface area contributed by atoms with Crippen LogP contribution in [-0.4, -0.2) is 56.5 Å². The summed E-state index contributed by atoms with van der Waals surface area (Å²) >= 11 is 0. The van der Waals surface area contributed by atoms with Crippen LogP contribution in [0, 0.1) is 20.8 Å². The molecule has 460 valence electrons. The summed E-state index contributed by atoms with van der Waals surface area (Å²) in [5, 5.41) is 29.5. The number of phenols is 3. The van der Waals surface area contributed by atoms with Crippen LogP contribution in [0.4, 0.5) is 0 Å². The number of esters is 4. The van der Waals surface area contributed by atoms with E-state index in [2.05, 4.69) is 90.0 Å². The Morgan fingerprint density at radius 1 is 0.345 bits per heavy atom. The maximum atomic E-state index is 13.1. The maximum absolute atomic E-state index is 13.1. The molecule has 7 rings (SSSR count). The molecule has 87 heavy (non-hydrogen) atoms. The molecule has 14 nitrogen and oxygen atoms in total. The summed E-state index contributed by atoms with van der Waals surface area (Å²) in [6.07, 6.45) is 0. The molecule has 0 aliphatic rings. The molecule has 0 aliphatic carbocycles. The first-order valence-electron chi connectivity index (χ1n) is 28.4. The third kappa shape index (κ3) is 20.8. The first-order valence-corrected chi connectivity index (χ1v) is 28.4. The number of phenolic OH excluding ortho intramolecular Hbond substituents is 3. The van der Waals surface area contributed by atoms with E-state index in [1.54, 1.807) is 111 Å². The van der Waals surface area contributed by atoms with Crippen molar-refractivity contribution in [3.63, 3.8) is 0 Å². The van der Waals surface area contributed by atoms with Crippen molar-refractivity contribution in [1.29, 1.82) is 0 Å². The Labute approximate surface area is 512 Å². The van der Waals surface area contributed by atoms with Gasteiger partial charge in [0.05, 0.1) is 0 Å². The molecule has 0 saturated heterocycles. The number of hydrogen-bond donors (Lipinski definition) is 3. The summed E-state index contributed by atoms with van der Waals surface area (Å²) in [4.78, 5) is 81.3. The van der Waals surface area contributed by atoms with Crippen LogP contribution in [0.5, 0.6) is 34.5 Å². The summed E-state index contributed by atoms with van der Waals surface area (Å²) in [6, 6.07) is 36.6. The Kier molecular flexibility index (Phi) is 23.7. The van der Waals surface area contributed by atoms with Crippen LogP contribution in [-0.2, 0) is 52.2 Å². The SMILES string of the molecule is CC(=O)OCc1cc(C(C)(C)C)c(O)c(C(C)(C)C)c1.CC(=O)Oc1ccc(C(=O)c2cc(C(C)(C)C)c(C)c(C(C)(C)C)c2)cc1.CC(=O)Oc1ccc(C(=O)c2cc(C)c(O)c(C)c2)cc1.CC(=O)Oc1ccc(C(=O)c2ccc(O)cc2)cc1. The van der Waals surface area contributed by atoms with E-state index in [1.165, 1.54) is 56.5 Å². The number of aromatic hydroxyl groups is 3. The van der Waals surface area contributed by atoms with Gasteiger partial charge in [0.15, 0.2) is 17.3 Å².